The van der Waals surface area contributed by atoms with Crippen LogP contribution in [0.25, 0.3) is 45.6 Å². The summed E-state index contributed by atoms with van der Waals surface area (Å²) in [5.41, 5.74) is 7.29. The van der Waals surface area contributed by atoms with E-state index in [1.807, 2.05) is 66.7 Å². The molecule has 0 spiro atoms. The third-order valence-electron chi connectivity index (χ3n) is 6.35. The van der Waals surface area contributed by atoms with E-state index in [1.54, 1.807) is 0 Å². The van der Waals surface area contributed by atoms with E-state index in [-0.39, 0.29) is 5.41 Å². The van der Waals surface area contributed by atoms with E-state index in [2.05, 4.69) is 44.2 Å². The van der Waals surface area contributed by atoms with Gasteiger partial charge in [-0.3, -0.25) is 0 Å². The molecule has 2 heterocycles. The molecule has 4 heteroatoms. The summed E-state index contributed by atoms with van der Waals surface area (Å²) < 4.78 is 0. The fraction of sp³-hybridized carbons (Fsp3) is 0.103. The summed E-state index contributed by atoms with van der Waals surface area (Å²) >= 11 is 0. The van der Waals surface area contributed by atoms with E-state index in [1.165, 1.54) is 16.7 Å². The molecule has 0 radical (unpaired) electrons. The fourth-order valence-corrected chi connectivity index (χ4v) is 4.60. The van der Waals surface area contributed by atoms with Crippen LogP contribution in [0.4, 0.5) is 0 Å². The maximum Gasteiger partial charge on any atom is 0.182 e. The average Bonchev–Trinajstić information content (AvgIpc) is 3.11. The molecule has 0 aliphatic heterocycles. The summed E-state index contributed by atoms with van der Waals surface area (Å²) in [7, 11) is 0. The summed E-state index contributed by atoms with van der Waals surface area (Å²) in [5, 5.41) is 0. The molecule has 1 aliphatic carbocycles. The zero-order valence-corrected chi connectivity index (χ0v) is 18.5. The second kappa shape index (κ2) is 7.45. The van der Waals surface area contributed by atoms with Gasteiger partial charge >= 0.3 is 0 Å². The van der Waals surface area contributed by atoms with Crippen LogP contribution in [0.2, 0.25) is 0 Å². The lowest BCUT2D eigenvalue weighted by molar-refractivity contribution is 0.659. The number of fused-ring (bicyclic) bond motifs is 3. The van der Waals surface area contributed by atoms with Gasteiger partial charge in [0, 0.05) is 22.1 Å². The number of aromatic nitrogens is 4. The van der Waals surface area contributed by atoms with Gasteiger partial charge < -0.3 is 0 Å². The number of benzene rings is 3. The summed E-state index contributed by atoms with van der Waals surface area (Å²) in [6.45, 7) is 4.51. The molecule has 4 nitrogen and oxygen atoms in total. The Kier molecular flexibility index (Phi) is 4.40. The summed E-state index contributed by atoms with van der Waals surface area (Å²) in [4.78, 5) is 19.5. The van der Waals surface area contributed by atoms with Gasteiger partial charge in [-0.25, -0.2) is 19.9 Å². The van der Waals surface area contributed by atoms with Crippen molar-refractivity contribution in [1.82, 2.24) is 19.9 Å². The van der Waals surface area contributed by atoms with Crippen molar-refractivity contribution in [3.63, 3.8) is 0 Å². The molecule has 33 heavy (non-hydrogen) atoms. The molecule has 1 aliphatic rings. The van der Waals surface area contributed by atoms with E-state index in [0.29, 0.717) is 17.5 Å². The van der Waals surface area contributed by atoms with Gasteiger partial charge in [0.05, 0.1) is 5.69 Å². The monoisotopic (exact) mass is 426 g/mol. The normalized spacial score (nSPS) is 13.4. The van der Waals surface area contributed by atoms with Crippen LogP contribution in [0.3, 0.4) is 0 Å². The highest BCUT2D eigenvalue weighted by molar-refractivity contribution is 5.79. The second-order valence-electron chi connectivity index (χ2n) is 8.80. The first-order valence-electron chi connectivity index (χ1n) is 11.1. The van der Waals surface area contributed by atoms with Crippen LogP contribution < -0.4 is 0 Å². The molecule has 5 aromatic rings. The Labute approximate surface area is 193 Å². The zero-order chi connectivity index (χ0) is 22.4. The molecular formula is C29H22N4. The largest absolute Gasteiger partial charge is 0.244 e. The standard InChI is InChI=1S/C29H22N4/c1-29(2)22-16-10-9-15-21(22)25-23(29)17-18-24(30-25)28-32-26(19-11-5-3-6-12-19)31-27(33-28)20-13-7-4-8-14-20/h3-18H,1-2H3. The van der Waals surface area contributed by atoms with E-state index in [0.717, 1.165) is 22.5 Å². The number of nitrogens with zero attached hydrogens (tertiary/aromatic N) is 4. The summed E-state index contributed by atoms with van der Waals surface area (Å²) in [6, 6.07) is 32.7. The fourth-order valence-electron chi connectivity index (χ4n) is 4.60. The van der Waals surface area contributed by atoms with Gasteiger partial charge in [-0.1, -0.05) is 105 Å². The van der Waals surface area contributed by atoms with Crippen LogP contribution in [-0.4, -0.2) is 19.9 Å². The topological polar surface area (TPSA) is 51.6 Å². The van der Waals surface area contributed by atoms with Crippen LogP contribution in [0.1, 0.15) is 25.0 Å². The molecule has 3 aromatic carbocycles. The smallest absolute Gasteiger partial charge is 0.182 e. The summed E-state index contributed by atoms with van der Waals surface area (Å²) in [6.07, 6.45) is 0. The first kappa shape index (κ1) is 19.5. The molecule has 0 saturated carbocycles. The molecule has 6 rings (SSSR count). The lowest BCUT2D eigenvalue weighted by atomic mass is 9.83. The average molecular weight is 427 g/mol. The van der Waals surface area contributed by atoms with Gasteiger partial charge in [-0.05, 0) is 17.2 Å². The van der Waals surface area contributed by atoms with Crippen molar-refractivity contribution in [1.29, 1.82) is 0 Å². The van der Waals surface area contributed by atoms with Crippen LogP contribution in [-0.2, 0) is 5.41 Å². The Bertz CT molecular complexity index is 1420. The Morgan fingerprint density at radius 1 is 0.485 bits per heavy atom. The molecule has 0 saturated heterocycles. The molecule has 0 amide bonds. The maximum atomic E-state index is 5.08. The third-order valence-corrected chi connectivity index (χ3v) is 6.35. The van der Waals surface area contributed by atoms with Gasteiger partial charge in [0.2, 0.25) is 0 Å². The lowest BCUT2D eigenvalue weighted by Gasteiger charge is -2.20. The number of rotatable bonds is 3. The second-order valence-corrected chi connectivity index (χ2v) is 8.80. The van der Waals surface area contributed by atoms with Crippen molar-refractivity contribution in [2.24, 2.45) is 0 Å². The zero-order valence-electron chi connectivity index (χ0n) is 18.5. The Morgan fingerprint density at radius 3 is 1.67 bits per heavy atom. The minimum atomic E-state index is -0.0824. The SMILES string of the molecule is CC1(C)c2ccccc2-c2nc(-c3nc(-c4ccccc4)nc(-c4ccccc4)n3)ccc21. The van der Waals surface area contributed by atoms with Gasteiger partial charge in [-0.2, -0.15) is 0 Å². The molecule has 0 fully saturated rings. The van der Waals surface area contributed by atoms with E-state index in [4.69, 9.17) is 19.9 Å². The first-order chi connectivity index (χ1) is 16.1. The van der Waals surface area contributed by atoms with Crippen molar-refractivity contribution in [2.75, 3.05) is 0 Å². The number of hydrogen-bond acceptors (Lipinski definition) is 4. The predicted octanol–water partition coefficient (Wildman–Crippen LogP) is 6.57. The van der Waals surface area contributed by atoms with Crippen LogP contribution in [0.15, 0.2) is 97.1 Å². The first-order valence-corrected chi connectivity index (χ1v) is 11.1. The molecule has 0 unspecified atom stereocenters. The highest BCUT2D eigenvalue weighted by Crippen LogP contribution is 2.47. The Balaban J connectivity index is 1.55. The molecule has 158 valence electrons. The Hall–Kier alpha value is -4.18. The van der Waals surface area contributed by atoms with Gasteiger partial charge in [0.15, 0.2) is 17.5 Å². The molecule has 2 aromatic heterocycles. The maximum absolute atomic E-state index is 5.08. The van der Waals surface area contributed by atoms with E-state index < -0.39 is 0 Å². The highest BCUT2D eigenvalue weighted by atomic mass is 15.0. The number of pyridine rings is 1. The van der Waals surface area contributed by atoms with E-state index >= 15 is 0 Å². The van der Waals surface area contributed by atoms with Crippen molar-refractivity contribution in [3.05, 3.63) is 108 Å². The lowest BCUT2D eigenvalue weighted by Crippen LogP contribution is -2.15. The third kappa shape index (κ3) is 3.23. The van der Waals surface area contributed by atoms with Crippen molar-refractivity contribution < 1.29 is 0 Å². The van der Waals surface area contributed by atoms with Crippen LogP contribution >= 0.6 is 0 Å². The van der Waals surface area contributed by atoms with Gasteiger partial charge in [0.1, 0.15) is 5.69 Å². The molecule has 0 bridgehead atoms. The van der Waals surface area contributed by atoms with Crippen molar-refractivity contribution >= 4 is 0 Å². The molecule has 0 N–H and O–H groups in total. The minimum Gasteiger partial charge on any atom is -0.244 e. The van der Waals surface area contributed by atoms with Gasteiger partial charge in [0.25, 0.3) is 0 Å². The Morgan fingerprint density at radius 2 is 1.03 bits per heavy atom. The molecule has 0 atom stereocenters. The predicted molar refractivity (Wildman–Crippen MR) is 131 cm³/mol. The quantitative estimate of drug-likeness (QED) is 0.327. The highest BCUT2D eigenvalue weighted by Gasteiger charge is 2.36. The minimum absolute atomic E-state index is 0.0824. The molecular weight excluding hydrogens is 404 g/mol. The summed E-state index contributed by atoms with van der Waals surface area (Å²) in [5.74, 6) is 1.86. The van der Waals surface area contributed by atoms with Crippen molar-refractivity contribution in [3.8, 4) is 45.6 Å². The number of hydrogen-bond donors (Lipinski definition) is 0. The van der Waals surface area contributed by atoms with Crippen LogP contribution in [0, 0.1) is 0 Å². The van der Waals surface area contributed by atoms with Gasteiger partial charge in [-0.15, -0.1) is 0 Å². The van der Waals surface area contributed by atoms with E-state index in [9.17, 15) is 0 Å². The van der Waals surface area contributed by atoms with Crippen molar-refractivity contribution in [2.45, 2.75) is 19.3 Å². The van der Waals surface area contributed by atoms with Crippen LogP contribution in [0.5, 0.6) is 0 Å².